The van der Waals surface area contributed by atoms with Crippen molar-refractivity contribution in [3.05, 3.63) is 30.2 Å². The van der Waals surface area contributed by atoms with Gasteiger partial charge in [-0.1, -0.05) is 6.07 Å². The van der Waals surface area contributed by atoms with Gasteiger partial charge in [-0.05, 0) is 37.2 Å². The van der Waals surface area contributed by atoms with Gasteiger partial charge in [-0.2, -0.15) is 0 Å². The molecule has 0 saturated carbocycles. The van der Waals surface area contributed by atoms with Gasteiger partial charge in [0.1, 0.15) is 5.75 Å². The Balaban J connectivity index is 1.79. The van der Waals surface area contributed by atoms with Gasteiger partial charge >= 0.3 is 0 Å². The second-order valence-electron chi connectivity index (χ2n) is 4.28. The number of phenolic OH excluding ortho intramolecular Hbond substituents is 1. The average Bonchev–Trinajstić information content (AvgIpc) is 2.72. The monoisotopic (exact) mass is 231 g/mol. The number of aromatic hydroxyl groups is 1. The summed E-state index contributed by atoms with van der Waals surface area (Å²) in [4.78, 5) is 0. The van der Waals surface area contributed by atoms with E-state index in [1.807, 2.05) is 6.07 Å². The number of rotatable bonds is 3. The Hall–Kier alpha value is -1.88. The minimum atomic E-state index is 0.199. The highest BCUT2D eigenvalue weighted by Crippen LogP contribution is 2.22. The zero-order valence-electron chi connectivity index (χ0n) is 9.26. The van der Waals surface area contributed by atoms with E-state index >= 15 is 0 Å². The fraction of sp³-hybridized carbons (Fsp3) is 0.333. The number of phenols is 1. The summed E-state index contributed by atoms with van der Waals surface area (Å²) in [6.07, 6.45) is 0.818. The Kier molecular flexibility index (Phi) is 2.53. The van der Waals surface area contributed by atoms with E-state index in [-0.39, 0.29) is 5.75 Å². The predicted octanol–water partition coefficient (Wildman–Crippen LogP) is 1.20. The zero-order valence-corrected chi connectivity index (χ0v) is 9.26. The molecule has 1 aromatic carbocycles. The van der Waals surface area contributed by atoms with Crippen molar-refractivity contribution in [2.45, 2.75) is 6.42 Å². The third-order valence-electron chi connectivity index (χ3n) is 2.89. The van der Waals surface area contributed by atoms with E-state index in [9.17, 15) is 5.11 Å². The van der Waals surface area contributed by atoms with Crippen LogP contribution in [0.5, 0.6) is 5.75 Å². The highest BCUT2D eigenvalue weighted by atomic mass is 16.4. The lowest BCUT2D eigenvalue weighted by Gasteiger charge is -2.25. The first-order chi connectivity index (χ1) is 8.31. The molecule has 0 atom stereocenters. The van der Waals surface area contributed by atoms with Gasteiger partial charge in [0.2, 0.25) is 11.8 Å². The summed E-state index contributed by atoms with van der Waals surface area (Å²) >= 11 is 0. The molecule has 3 rings (SSSR count). The molecule has 1 aliphatic heterocycles. The van der Waals surface area contributed by atoms with Crippen molar-refractivity contribution < 1.29 is 9.52 Å². The van der Waals surface area contributed by atoms with Crippen LogP contribution >= 0.6 is 0 Å². The first-order valence-electron chi connectivity index (χ1n) is 5.64. The van der Waals surface area contributed by atoms with Crippen LogP contribution in [0.15, 0.2) is 28.7 Å². The van der Waals surface area contributed by atoms with Crippen LogP contribution in [0.2, 0.25) is 0 Å². The standard InChI is InChI=1S/C12H13N3O2/c16-10-3-1-2-9(5-10)12-15-14-11(17-12)4-8-6-13-7-8/h1-3,5,8,13,16H,4,6-7H2. The lowest BCUT2D eigenvalue weighted by atomic mass is 10.00. The number of nitrogens with one attached hydrogen (secondary N) is 1. The molecule has 5 heteroatoms. The smallest absolute Gasteiger partial charge is 0.247 e. The summed E-state index contributed by atoms with van der Waals surface area (Å²) in [5.74, 6) is 1.93. The van der Waals surface area contributed by atoms with Gasteiger partial charge in [-0.15, -0.1) is 10.2 Å². The van der Waals surface area contributed by atoms with Crippen LogP contribution in [0.4, 0.5) is 0 Å². The molecule has 88 valence electrons. The Bertz CT molecular complexity index is 520. The Morgan fingerprint density at radius 3 is 2.94 bits per heavy atom. The topological polar surface area (TPSA) is 71.2 Å². The summed E-state index contributed by atoms with van der Waals surface area (Å²) in [7, 11) is 0. The summed E-state index contributed by atoms with van der Waals surface area (Å²) in [6, 6.07) is 6.81. The third-order valence-corrected chi connectivity index (χ3v) is 2.89. The summed E-state index contributed by atoms with van der Waals surface area (Å²) in [5, 5.41) is 20.6. The highest BCUT2D eigenvalue weighted by molar-refractivity contribution is 5.54. The van der Waals surface area contributed by atoms with E-state index < -0.39 is 0 Å². The molecular formula is C12H13N3O2. The van der Waals surface area contributed by atoms with Crippen LogP contribution in [0, 0.1) is 5.92 Å². The van der Waals surface area contributed by atoms with Crippen molar-refractivity contribution >= 4 is 0 Å². The van der Waals surface area contributed by atoms with E-state index in [2.05, 4.69) is 15.5 Å². The number of hydrogen-bond acceptors (Lipinski definition) is 5. The summed E-state index contributed by atoms with van der Waals surface area (Å²) in [5.41, 5.74) is 0.746. The molecule has 2 aromatic rings. The first-order valence-corrected chi connectivity index (χ1v) is 5.64. The van der Waals surface area contributed by atoms with Gasteiger partial charge in [0.15, 0.2) is 0 Å². The van der Waals surface area contributed by atoms with E-state index in [1.54, 1.807) is 18.2 Å². The van der Waals surface area contributed by atoms with Crippen LogP contribution in [-0.2, 0) is 6.42 Å². The third kappa shape index (κ3) is 2.14. The molecule has 0 amide bonds. The minimum absolute atomic E-state index is 0.199. The fourth-order valence-corrected chi connectivity index (χ4v) is 1.83. The molecule has 5 nitrogen and oxygen atoms in total. The Morgan fingerprint density at radius 2 is 2.24 bits per heavy atom. The molecule has 0 bridgehead atoms. The zero-order chi connectivity index (χ0) is 11.7. The van der Waals surface area contributed by atoms with Crippen molar-refractivity contribution in [3.63, 3.8) is 0 Å². The molecular weight excluding hydrogens is 218 g/mol. The molecule has 1 aliphatic rings. The van der Waals surface area contributed by atoms with Crippen molar-refractivity contribution in [1.29, 1.82) is 0 Å². The SMILES string of the molecule is Oc1cccc(-c2nnc(CC3CNC3)o2)c1. The van der Waals surface area contributed by atoms with Crippen LogP contribution in [-0.4, -0.2) is 28.4 Å². The van der Waals surface area contributed by atoms with Crippen LogP contribution in [0.1, 0.15) is 5.89 Å². The molecule has 1 fully saturated rings. The number of benzene rings is 1. The maximum atomic E-state index is 9.38. The molecule has 17 heavy (non-hydrogen) atoms. The van der Waals surface area contributed by atoms with Gasteiger partial charge < -0.3 is 14.8 Å². The lowest BCUT2D eigenvalue weighted by molar-refractivity contribution is 0.319. The largest absolute Gasteiger partial charge is 0.508 e. The van der Waals surface area contributed by atoms with Crippen molar-refractivity contribution in [2.75, 3.05) is 13.1 Å². The quantitative estimate of drug-likeness (QED) is 0.830. The van der Waals surface area contributed by atoms with Gasteiger partial charge in [-0.3, -0.25) is 0 Å². The van der Waals surface area contributed by atoms with E-state index in [0.717, 1.165) is 25.1 Å². The molecule has 0 radical (unpaired) electrons. The van der Waals surface area contributed by atoms with E-state index in [0.29, 0.717) is 17.7 Å². The molecule has 2 heterocycles. The molecule has 1 aromatic heterocycles. The fourth-order valence-electron chi connectivity index (χ4n) is 1.83. The molecule has 0 unspecified atom stereocenters. The Morgan fingerprint density at radius 1 is 1.35 bits per heavy atom. The van der Waals surface area contributed by atoms with E-state index in [1.165, 1.54) is 0 Å². The average molecular weight is 231 g/mol. The summed E-state index contributed by atoms with van der Waals surface area (Å²) < 4.78 is 5.57. The molecule has 0 spiro atoms. The van der Waals surface area contributed by atoms with Crippen LogP contribution in [0.3, 0.4) is 0 Å². The summed E-state index contributed by atoms with van der Waals surface area (Å²) in [6.45, 7) is 2.04. The molecule has 2 N–H and O–H groups in total. The molecule has 1 saturated heterocycles. The minimum Gasteiger partial charge on any atom is -0.508 e. The van der Waals surface area contributed by atoms with Crippen molar-refractivity contribution in [3.8, 4) is 17.2 Å². The predicted molar refractivity (Wildman–Crippen MR) is 61.5 cm³/mol. The van der Waals surface area contributed by atoms with Gasteiger partial charge in [-0.25, -0.2) is 0 Å². The van der Waals surface area contributed by atoms with Crippen molar-refractivity contribution in [1.82, 2.24) is 15.5 Å². The lowest BCUT2D eigenvalue weighted by Crippen LogP contribution is -2.43. The Labute approximate surface area is 98.5 Å². The molecule has 0 aliphatic carbocycles. The van der Waals surface area contributed by atoms with Crippen LogP contribution in [0.25, 0.3) is 11.5 Å². The van der Waals surface area contributed by atoms with Crippen LogP contribution < -0.4 is 5.32 Å². The maximum Gasteiger partial charge on any atom is 0.247 e. The second-order valence-corrected chi connectivity index (χ2v) is 4.28. The van der Waals surface area contributed by atoms with Gasteiger partial charge in [0.05, 0.1) is 0 Å². The van der Waals surface area contributed by atoms with Gasteiger partial charge in [0.25, 0.3) is 0 Å². The van der Waals surface area contributed by atoms with E-state index in [4.69, 9.17) is 4.42 Å². The maximum absolute atomic E-state index is 9.38. The number of hydrogen-bond donors (Lipinski definition) is 2. The van der Waals surface area contributed by atoms with Crippen molar-refractivity contribution in [2.24, 2.45) is 5.92 Å². The number of nitrogens with zero attached hydrogens (tertiary/aromatic N) is 2. The first kappa shape index (κ1) is 10.3. The van der Waals surface area contributed by atoms with Gasteiger partial charge in [0, 0.05) is 12.0 Å². The highest BCUT2D eigenvalue weighted by Gasteiger charge is 2.20. The second kappa shape index (κ2) is 4.18. The normalized spacial score (nSPS) is 15.8. The number of aromatic nitrogens is 2.